The number of hydrogen-bond donors (Lipinski definition) is 0. The molecule has 0 spiro atoms. The molecule has 0 aromatic heterocycles. The largest absolute Gasteiger partial charge is 0.448 e. The molecule has 36 heavy (non-hydrogen) atoms. The molecule has 2 fully saturated rings. The third-order valence-electron chi connectivity index (χ3n) is 8.10. The van der Waals surface area contributed by atoms with Gasteiger partial charge in [0.05, 0.1) is 5.56 Å². The van der Waals surface area contributed by atoms with Gasteiger partial charge in [-0.1, -0.05) is 54.6 Å². The summed E-state index contributed by atoms with van der Waals surface area (Å²) in [5.74, 6) is -2.70. The molecule has 1 amide bonds. The minimum Gasteiger partial charge on any atom is -0.448 e. The third-order valence-corrected chi connectivity index (χ3v) is 8.10. The maximum atomic E-state index is 14.3. The van der Waals surface area contributed by atoms with Crippen LogP contribution in [-0.4, -0.2) is 35.5 Å². The second-order valence-corrected chi connectivity index (χ2v) is 10.1. The van der Waals surface area contributed by atoms with E-state index in [0.29, 0.717) is 12.8 Å². The monoisotopic (exact) mass is 487 g/mol. The van der Waals surface area contributed by atoms with Crippen molar-refractivity contribution in [2.24, 2.45) is 5.92 Å². The van der Waals surface area contributed by atoms with Crippen LogP contribution in [0.5, 0.6) is 0 Å². The summed E-state index contributed by atoms with van der Waals surface area (Å²) in [7, 11) is 0. The minimum absolute atomic E-state index is 0.0238. The molecule has 6 rings (SSSR count). The zero-order valence-electron chi connectivity index (χ0n) is 19.8. The van der Waals surface area contributed by atoms with Crippen LogP contribution in [0.1, 0.15) is 59.5 Å². The van der Waals surface area contributed by atoms with Crippen LogP contribution in [-0.2, 0) is 4.74 Å². The maximum Gasteiger partial charge on any atom is 0.410 e. The molecule has 3 aromatic carbocycles. The summed E-state index contributed by atoms with van der Waals surface area (Å²) < 4.78 is 34.4. The molecule has 6 heteroatoms. The van der Waals surface area contributed by atoms with Gasteiger partial charge in [0.25, 0.3) is 0 Å². The van der Waals surface area contributed by atoms with E-state index in [9.17, 15) is 18.4 Å². The summed E-state index contributed by atoms with van der Waals surface area (Å²) >= 11 is 0. The molecular formula is C30H27F2NO3. The number of benzene rings is 3. The molecule has 3 aliphatic rings. The molecule has 2 heterocycles. The van der Waals surface area contributed by atoms with Gasteiger partial charge in [0.2, 0.25) is 0 Å². The first-order valence-electron chi connectivity index (χ1n) is 12.6. The number of ketones is 1. The van der Waals surface area contributed by atoms with E-state index in [1.807, 2.05) is 24.3 Å². The van der Waals surface area contributed by atoms with Crippen molar-refractivity contribution in [1.82, 2.24) is 4.90 Å². The molecule has 2 saturated heterocycles. The van der Waals surface area contributed by atoms with Crippen LogP contribution in [0.25, 0.3) is 11.1 Å². The highest BCUT2D eigenvalue weighted by atomic mass is 19.1. The summed E-state index contributed by atoms with van der Waals surface area (Å²) in [6, 6.07) is 19.6. The number of ether oxygens (including phenoxy) is 1. The van der Waals surface area contributed by atoms with E-state index in [2.05, 4.69) is 24.3 Å². The number of carbonyl (C=O) groups is 2. The predicted molar refractivity (Wildman–Crippen MR) is 132 cm³/mol. The number of nitrogens with zero attached hydrogens (tertiary/aromatic N) is 1. The van der Waals surface area contributed by atoms with E-state index < -0.39 is 28.9 Å². The van der Waals surface area contributed by atoms with Crippen LogP contribution in [0.3, 0.4) is 0 Å². The van der Waals surface area contributed by atoms with Gasteiger partial charge in [-0.15, -0.1) is 0 Å². The smallest absolute Gasteiger partial charge is 0.410 e. The Morgan fingerprint density at radius 3 is 1.94 bits per heavy atom. The maximum absolute atomic E-state index is 14.3. The first kappa shape index (κ1) is 22.9. The van der Waals surface area contributed by atoms with E-state index in [4.69, 9.17) is 4.74 Å². The Morgan fingerprint density at radius 2 is 1.36 bits per heavy atom. The number of halogens is 2. The lowest BCUT2D eigenvalue weighted by Crippen LogP contribution is -2.56. The van der Waals surface area contributed by atoms with Gasteiger partial charge in [-0.3, -0.25) is 4.79 Å². The highest BCUT2D eigenvalue weighted by Crippen LogP contribution is 2.45. The summed E-state index contributed by atoms with van der Waals surface area (Å²) in [5, 5.41) is 0. The molecular weight excluding hydrogens is 460 g/mol. The Balaban J connectivity index is 1.18. The molecule has 0 N–H and O–H groups in total. The van der Waals surface area contributed by atoms with E-state index in [-0.39, 0.29) is 30.7 Å². The van der Waals surface area contributed by atoms with E-state index >= 15 is 0 Å². The van der Waals surface area contributed by atoms with Crippen molar-refractivity contribution in [1.29, 1.82) is 0 Å². The molecule has 2 unspecified atom stereocenters. The molecule has 0 radical (unpaired) electrons. The highest BCUT2D eigenvalue weighted by Gasteiger charge is 2.44. The Morgan fingerprint density at radius 1 is 0.806 bits per heavy atom. The Bertz CT molecular complexity index is 1260. The number of fused-ring (bicyclic) bond motifs is 5. The van der Waals surface area contributed by atoms with Crippen LogP contribution < -0.4 is 0 Å². The van der Waals surface area contributed by atoms with Gasteiger partial charge in [-0.2, -0.15) is 0 Å². The fourth-order valence-corrected chi connectivity index (χ4v) is 6.50. The summed E-state index contributed by atoms with van der Waals surface area (Å²) in [4.78, 5) is 28.2. The van der Waals surface area contributed by atoms with Crippen LogP contribution in [0.4, 0.5) is 13.6 Å². The average Bonchev–Trinajstić information content (AvgIpc) is 3.20. The van der Waals surface area contributed by atoms with Gasteiger partial charge >= 0.3 is 6.09 Å². The van der Waals surface area contributed by atoms with Crippen molar-refractivity contribution in [2.75, 3.05) is 6.61 Å². The normalized spacial score (nSPS) is 22.6. The zero-order valence-corrected chi connectivity index (χ0v) is 19.8. The van der Waals surface area contributed by atoms with Crippen molar-refractivity contribution >= 4 is 11.9 Å². The number of rotatable bonds is 4. The SMILES string of the molecule is O=C(c1c(F)cccc1F)C1CC2CCCC(C1)N2C(=O)OCC1c2ccccc2-c2ccccc21. The molecule has 184 valence electrons. The molecule has 4 nitrogen and oxygen atoms in total. The van der Waals surface area contributed by atoms with Crippen molar-refractivity contribution in [3.05, 3.63) is 95.1 Å². The summed E-state index contributed by atoms with van der Waals surface area (Å²) in [6.07, 6.45) is 2.89. The number of piperidine rings is 2. The van der Waals surface area contributed by atoms with E-state index in [1.165, 1.54) is 17.2 Å². The predicted octanol–water partition coefficient (Wildman–Crippen LogP) is 6.73. The second-order valence-electron chi connectivity index (χ2n) is 10.1. The molecule has 2 bridgehead atoms. The fourth-order valence-electron chi connectivity index (χ4n) is 6.50. The lowest BCUT2D eigenvalue weighted by molar-refractivity contribution is 0.00632. The van der Waals surface area contributed by atoms with Crippen molar-refractivity contribution in [2.45, 2.75) is 50.1 Å². The first-order chi connectivity index (χ1) is 17.5. The van der Waals surface area contributed by atoms with Crippen LogP contribution in [0.15, 0.2) is 66.7 Å². The second kappa shape index (κ2) is 9.16. The fraction of sp³-hybridized carbons (Fsp3) is 0.333. The van der Waals surface area contributed by atoms with Crippen LogP contribution >= 0.6 is 0 Å². The molecule has 1 aliphatic carbocycles. The van der Waals surface area contributed by atoms with Crippen molar-refractivity contribution < 1.29 is 23.1 Å². The number of carbonyl (C=O) groups excluding carboxylic acids is 2. The zero-order chi connectivity index (χ0) is 24.8. The van der Waals surface area contributed by atoms with Crippen molar-refractivity contribution in [3.63, 3.8) is 0 Å². The molecule has 3 aromatic rings. The summed E-state index contributed by atoms with van der Waals surface area (Å²) in [6.45, 7) is 0.242. The van der Waals surface area contributed by atoms with Gasteiger partial charge in [0.1, 0.15) is 18.2 Å². The number of Topliss-reactive ketones (excluding diaryl/α,β-unsaturated/α-hetero) is 1. The standard InChI is InChI=1S/C30H27F2NO3/c31-26-13-6-14-27(32)28(26)29(34)18-15-19-7-5-8-20(16-18)33(19)30(35)36-17-25-23-11-3-1-9-21(23)22-10-2-4-12-24(22)25/h1-4,6,9-14,18-20,25H,5,7-8,15-17H2. The van der Waals surface area contributed by atoms with Crippen molar-refractivity contribution in [3.8, 4) is 11.1 Å². The van der Waals surface area contributed by atoms with Gasteiger partial charge in [0.15, 0.2) is 5.78 Å². The third kappa shape index (κ3) is 3.80. The van der Waals surface area contributed by atoms with E-state index in [1.54, 1.807) is 4.90 Å². The Labute approximate surface area is 208 Å². The quantitative estimate of drug-likeness (QED) is 0.384. The lowest BCUT2D eigenvalue weighted by Gasteiger charge is -2.47. The molecule has 2 atom stereocenters. The van der Waals surface area contributed by atoms with Crippen LogP contribution in [0.2, 0.25) is 0 Å². The molecule has 0 saturated carbocycles. The lowest BCUT2D eigenvalue weighted by atomic mass is 9.75. The van der Waals surface area contributed by atoms with Gasteiger partial charge < -0.3 is 9.64 Å². The van der Waals surface area contributed by atoms with Gasteiger partial charge in [-0.05, 0) is 66.5 Å². The first-order valence-corrected chi connectivity index (χ1v) is 12.6. The highest BCUT2D eigenvalue weighted by molar-refractivity contribution is 5.98. The van der Waals surface area contributed by atoms with Gasteiger partial charge in [0, 0.05) is 23.9 Å². The Hall–Kier alpha value is -3.54. The summed E-state index contributed by atoms with van der Waals surface area (Å²) in [5.41, 5.74) is 4.19. The average molecular weight is 488 g/mol. The molecule has 2 aliphatic heterocycles. The Kier molecular flexibility index (Phi) is 5.82. The van der Waals surface area contributed by atoms with Gasteiger partial charge in [-0.25, -0.2) is 13.6 Å². The minimum atomic E-state index is -0.830. The topological polar surface area (TPSA) is 46.6 Å². The number of hydrogen-bond acceptors (Lipinski definition) is 3. The van der Waals surface area contributed by atoms with Crippen LogP contribution in [0, 0.1) is 17.6 Å². The number of amides is 1. The van der Waals surface area contributed by atoms with E-state index in [0.717, 1.165) is 42.5 Å².